The molecular formula is C22H28FN5O2. The molecule has 2 aromatic heterocycles. The van der Waals surface area contributed by atoms with Crippen molar-refractivity contribution in [2.24, 2.45) is 11.3 Å². The first kappa shape index (κ1) is 20.7. The Balaban J connectivity index is 1.47. The van der Waals surface area contributed by atoms with Crippen LogP contribution in [0.2, 0.25) is 0 Å². The van der Waals surface area contributed by atoms with Crippen LogP contribution in [0.25, 0.3) is 11.3 Å². The predicted molar refractivity (Wildman–Crippen MR) is 114 cm³/mol. The summed E-state index contributed by atoms with van der Waals surface area (Å²) in [6.45, 7) is 6.12. The van der Waals surface area contributed by atoms with Crippen LogP contribution in [-0.2, 0) is 9.53 Å². The van der Waals surface area contributed by atoms with Crippen LogP contribution >= 0.6 is 0 Å². The van der Waals surface area contributed by atoms with E-state index in [9.17, 15) is 9.18 Å². The van der Waals surface area contributed by atoms with E-state index in [0.29, 0.717) is 23.6 Å². The molecule has 2 fully saturated rings. The molecule has 0 spiro atoms. The molecule has 2 aromatic rings. The molecule has 30 heavy (non-hydrogen) atoms. The summed E-state index contributed by atoms with van der Waals surface area (Å²) in [6.07, 6.45) is 5.60. The molecule has 0 bridgehead atoms. The maximum absolute atomic E-state index is 14.5. The number of anilines is 2. The zero-order chi connectivity index (χ0) is 21.0. The fraction of sp³-hybridized carbons (Fsp3) is 0.500. The minimum absolute atomic E-state index is 0.0856. The molecule has 1 amide bonds. The van der Waals surface area contributed by atoms with Gasteiger partial charge in [0.15, 0.2) is 5.82 Å². The lowest BCUT2D eigenvalue weighted by Gasteiger charge is -2.33. The Bertz CT molecular complexity index is 895. The average Bonchev–Trinajstić information content (AvgIpc) is 3.30. The van der Waals surface area contributed by atoms with Crippen molar-refractivity contribution in [3.63, 3.8) is 0 Å². The minimum Gasteiger partial charge on any atom is -0.384 e. The highest BCUT2D eigenvalue weighted by atomic mass is 19.1. The topological polar surface area (TPSA) is 88.2 Å². The highest BCUT2D eigenvalue weighted by molar-refractivity contribution is 5.92. The molecule has 4 rings (SSSR count). The van der Waals surface area contributed by atoms with Gasteiger partial charge >= 0.3 is 0 Å². The van der Waals surface area contributed by atoms with Gasteiger partial charge in [-0.1, -0.05) is 6.92 Å². The number of pyridine rings is 2. The lowest BCUT2D eigenvalue weighted by atomic mass is 9.82. The van der Waals surface area contributed by atoms with E-state index < -0.39 is 5.82 Å². The summed E-state index contributed by atoms with van der Waals surface area (Å²) in [4.78, 5) is 20.7. The van der Waals surface area contributed by atoms with Crippen molar-refractivity contribution in [1.29, 1.82) is 0 Å². The molecule has 1 atom stereocenters. The van der Waals surface area contributed by atoms with E-state index in [-0.39, 0.29) is 17.2 Å². The van der Waals surface area contributed by atoms with Gasteiger partial charge in [0.05, 0.1) is 17.8 Å². The van der Waals surface area contributed by atoms with E-state index in [4.69, 9.17) is 4.74 Å². The van der Waals surface area contributed by atoms with Gasteiger partial charge in [-0.05, 0) is 49.4 Å². The van der Waals surface area contributed by atoms with Gasteiger partial charge in [0.1, 0.15) is 5.82 Å². The lowest BCUT2D eigenvalue weighted by molar-refractivity contribution is -0.119. The van der Waals surface area contributed by atoms with Crippen LogP contribution in [0.5, 0.6) is 0 Å². The summed E-state index contributed by atoms with van der Waals surface area (Å²) in [5.41, 5.74) is 1.86. The van der Waals surface area contributed by atoms with Gasteiger partial charge in [0.25, 0.3) is 0 Å². The van der Waals surface area contributed by atoms with E-state index in [2.05, 4.69) is 32.8 Å². The van der Waals surface area contributed by atoms with Crippen LogP contribution in [0.1, 0.15) is 26.2 Å². The number of amides is 1. The standard InChI is InChI=1S/C22H28FN5O2/c1-22(4-8-30-9-5-22)14-27-16-3-7-25-19(10-16)17-11-20(26-13-18(17)23)28-21(29)15-2-6-24-12-15/h3,7,10-11,13,15,24H,2,4-6,8-9,12,14H2,1H3,(H,25,27)(H,26,28,29)/t15-/m1/s1. The number of halogens is 1. The second-order valence-electron chi connectivity index (χ2n) is 8.43. The van der Waals surface area contributed by atoms with Gasteiger partial charge < -0.3 is 20.7 Å². The SMILES string of the molecule is CC1(CNc2ccnc(-c3cc(NC(=O)[C@@H]4CCNC4)ncc3F)c2)CCOCC1. The molecule has 8 heteroatoms. The molecule has 160 valence electrons. The number of nitrogens with one attached hydrogen (secondary N) is 3. The zero-order valence-electron chi connectivity index (χ0n) is 17.2. The third-order valence-corrected chi connectivity index (χ3v) is 5.99. The average molecular weight is 413 g/mol. The summed E-state index contributed by atoms with van der Waals surface area (Å²) in [5.74, 6) is -0.328. The Kier molecular flexibility index (Phi) is 6.24. The fourth-order valence-electron chi connectivity index (χ4n) is 3.85. The van der Waals surface area contributed by atoms with Crippen LogP contribution in [0.4, 0.5) is 15.9 Å². The van der Waals surface area contributed by atoms with Crippen molar-refractivity contribution in [2.75, 3.05) is 43.5 Å². The van der Waals surface area contributed by atoms with Crippen molar-refractivity contribution >= 4 is 17.4 Å². The number of hydrogen-bond donors (Lipinski definition) is 3. The van der Waals surface area contributed by atoms with Crippen LogP contribution in [-0.4, -0.2) is 48.7 Å². The fourth-order valence-corrected chi connectivity index (χ4v) is 3.85. The Morgan fingerprint density at radius 3 is 2.93 bits per heavy atom. The third kappa shape index (κ3) is 4.94. The molecule has 2 saturated heterocycles. The van der Waals surface area contributed by atoms with Crippen LogP contribution in [0.15, 0.2) is 30.6 Å². The largest absolute Gasteiger partial charge is 0.384 e. The number of carbonyl (C=O) groups excluding carboxylic acids is 1. The van der Waals surface area contributed by atoms with E-state index in [1.807, 2.05) is 12.1 Å². The number of nitrogens with zero attached hydrogens (tertiary/aromatic N) is 2. The minimum atomic E-state index is -0.475. The molecule has 7 nitrogen and oxygen atoms in total. The van der Waals surface area contributed by atoms with Crippen molar-refractivity contribution in [2.45, 2.75) is 26.2 Å². The molecule has 2 aliphatic rings. The summed E-state index contributed by atoms with van der Waals surface area (Å²) in [5, 5.41) is 9.42. The number of hydrogen-bond acceptors (Lipinski definition) is 6. The number of carbonyl (C=O) groups is 1. The normalized spacial score (nSPS) is 20.7. The smallest absolute Gasteiger partial charge is 0.229 e. The third-order valence-electron chi connectivity index (χ3n) is 5.99. The van der Waals surface area contributed by atoms with E-state index in [0.717, 1.165) is 57.4 Å². The predicted octanol–water partition coefficient (Wildman–Crippen LogP) is 3.06. The van der Waals surface area contributed by atoms with Crippen molar-refractivity contribution in [1.82, 2.24) is 15.3 Å². The van der Waals surface area contributed by atoms with Crippen molar-refractivity contribution < 1.29 is 13.9 Å². The quantitative estimate of drug-likeness (QED) is 0.675. The first-order valence-corrected chi connectivity index (χ1v) is 10.5. The number of aromatic nitrogens is 2. The van der Waals surface area contributed by atoms with Gasteiger partial charge in [0, 0.05) is 43.8 Å². The van der Waals surface area contributed by atoms with Crippen LogP contribution in [0, 0.1) is 17.2 Å². The maximum Gasteiger partial charge on any atom is 0.229 e. The molecule has 4 heterocycles. The monoisotopic (exact) mass is 413 g/mol. The van der Waals surface area contributed by atoms with Crippen LogP contribution in [0.3, 0.4) is 0 Å². The summed E-state index contributed by atoms with van der Waals surface area (Å²) in [7, 11) is 0. The number of rotatable bonds is 6. The van der Waals surface area contributed by atoms with Crippen LogP contribution < -0.4 is 16.0 Å². The van der Waals surface area contributed by atoms with Gasteiger partial charge in [-0.3, -0.25) is 9.78 Å². The molecule has 0 aliphatic carbocycles. The Morgan fingerprint density at radius 1 is 1.33 bits per heavy atom. The van der Waals surface area contributed by atoms with Gasteiger partial charge in [-0.15, -0.1) is 0 Å². The lowest BCUT2D eigenvalue weighted by Crippen LogP contribution is -2.33. The van der Waals surface area contributed by atoms with E-state index in [1.54, 1.807) is 12.3 Å². The molecule has 0 unspecified atom stereocenters. The second-order valence-corrected chi connectivity index (χ2v) is 8.43. The first-order chi connectivity index (χ1) is 14.5. The second kappa shape index (κ2) is 9.06. The van der Waals surface area contributed by atoms with E-state index >= 15 is 0 Å². The highest BCUT2D eigenvalue weighted by Gasteiger charge is 2.27. The zero-order valence-corrected chi connectivity index (χ0v) is 17.2. The summed E-state index contributed by atoms with van der Waals surface area (Å²) >= 11 is 0. The molecule has 2 aliphatic heterocycles. The summed E-state index contributed by atoms with van der Waals surface area (Å²) in [6, 6.07) is 5.25. The summed E-state index contributed by atoms with van der Waals surface area (Å²) < 4.78 is 20.0. The van der Waals surface area contributed by atoms with Gasteiger partial charge in [-0.2, -0.15) is 0 Å². The molecule has 3 N–H and O–H groups in total. The van der Waals surface area contributed by atoms with Gasteiger partial charge in [0.2, 0.25) is 5.91 Å². The van der Waals surface area contributed by atoms with E-state index in [1.165, 1.54) is 0 Å². The Morgan fingerprint density at radius 2 is 2.17 bits per heavy atom. The molecular weight excluding hydrogens is 385 g/mol. The first-order valence-electron chi connectivity index (χ1n) is 10.5. The Labute approximate surface area is 175 Å². The van der Waals surface area contributed by atoms with Crippen molar-refractivity contribution in [3.8, 4) is 11.3 Å². The Hall–Kier alpha value is -2.58. The molecule has 0 aromatic carbocycles. The number of ether oxygens (including phenoxy) is 1. The maximum atomic E-state index is 14.5. The molecule has 0 radical (unpaired) electrons. The van der Waals surface area contributed by atoms with Gasteiger partial charge in [-0.25, -0.2) is 9.37 Å². The highest BCUT2D eigenvalue weighted by Crippen LogP contribution is 2.31. The van der Waals surface area contributed by atoms with Crippen molar-refractivity contribution in [3.05, 3.63) is 36.4 Å². The molecule has 0 saturated carbocycles.